The number of carbonyl (C=O) groups excluding carboxylic acids is 1. The summed E-state index contributed by atoms with van der Waals surface area (Å²) in [5.74, 6) is 0.358. The summed E-state index contributed by atoms with van der Waals surface area (Å²) >= 11 is 0. The normalized spacial score (nSPS) is 30.2. The average Bonchev–Trinajstić information content (AvgIpc) is 3.14. The van der Waals surface area contributed by atoms with Crippen LogP contribution in [0.3, 0.4) is 0 Å². The van der Waals surface area contributed by atoms with Crippen molar-refractivity contribution in [3.8, 4) is 0 Å². The molecule has 2 aliphatic heterocycles. The Morgan fingerprint density at radius 3 is 2.64 bits per heavy atom. The van der Waals surface area contributed by atoms with Gasteiger partial charge in [-0.1, -0.05) is 0 Å². The van der Waals surface area contributed by atoms with Crippen molar-refractivity contribution in [3.05, 3.63) is 0 Å². The van der Waals surface area contributed by atoms with Crippen molar-refractivity contribution in [1.82, 2.24) is 10.2 Å². The Balaban J connectivity index is 0.00000176. The van der Waals surface area contributed by atoms with E-state index in [-0.39, 0.29) is 30.2 Å². The standard InChI is InChI=1S/C15H26N2O4.ClH/c1-15(4-5-15)21-14(18)17-6-3-11(13(9-17)19-2)10-20-12-7-16-8-12;/h11-13,16H,3-10H2,1-2H3;1H/t11-,13-;/m0./s1. The molecule has 22 heavy (non-hydrogen) atoms. The third-order valence-electron chi connectivity index (χ3n) is 4.83. The second-order valence-electron chi connectivity index (χ2n) is 6.70. The highest BCUT2D eigenvalue weighted by molar-refractivity contribution is 5.85. The van der Waals surface area contributed by atoms with E-state index in [1.165, 1.54) is 0 Å². The van der Waals surface area contributed by atoms with Crippen LogP contribution in [0.1, 0.15) is 26.2 Å². The summed E-state index contributed by atoms with van der Waals surface area (Å²) in [6, 6.07) is 0. The maximum absolute atomic E-state index is 12.2. The van der Waals surface area contributed by atoms with Gasteiger partial charge in [0.2, 0.25) is 0 Å². The fourth-order valence-electron chi connectivity index (χ4n) is 2.78. The molecule has 7 heteroatoms. The van der Waals surface area contributed by atoms with E-state index in [1.807, 2.05) is 6.92 Å². The Morgan fingerprint density at radius 1 is 1.36 bits per heavy atom. The minimum atomic E-state index is -0.211. The second kappa shape index (κ2) is 7.34. The summed E-state index contributed by atoms with van der Waals surface area (Å²) in [5, 5.41) is 3.20. The smallest absolute Gasteiger partial charge is 0.410 e. The zero-order chi connectivity index (χ0) is 14.9. The van der Waals surface area contributed by atoms with E-state index in [0.29, 0.717) is 25.2 Å². The highest BCUT2D eigenvalue weighted by Gasteiger charge is 2.43. The molecule has 0 spiro atoms. The van der Waals surface area contributed by atoms with Gasteiger partial charge in [0.25, 0.3) is 0 Å². The Hall–Kier alpha value is -0.560. The number of likely N-dealkylation sites (tertiary alicyclic amines) is 1. The summed E-state index contributed by atoms with van der Waals surface area (Å²) in [5.41, 5.74) is -0.211. The minimum absolute atomic E-state index is 0. The van der Waals surface area contributed by atoms with E-state index in [1.54, 1.807) is 12.0 Å². The number of halogens is 1. The Morgan fingerprint density at radius 2 is 2.09 bits per heavy atom. The van der Waals surface area contributed by atoms with E-state index >= 15 is 0 Å². The summed E-state index contributed by atoms with van der Waals surface area (Å²) in [6.45, 7) is 5.92. The van der Waals surface area contributed by atoms with Gasteiger partial charge in [-0.25, -0.2) is 4.79 Å². The van der Waals surface area contributed by atoms with Crippen molar-refractivity contribution in [2.45, 2.75) is 44.0 Å². The molecule has 2 atom stereocenters. The maximum Gasteiger partial charge on any atom is 0.410 e. The molecular formula is C15H27ClN2O4. The number of rotatable bonds is 5. The van der Waals surface area contributed by atoms with Crippen LogP contribution in [0.5, 0.6) is 0 Å². The van der Waals surface area contributed by atoms with Crippen molar-refractivity contribution >= 4 is 18.5 Å². The minimum Gasteiger partial charge on any atom is -0.443 e. The van der Waals surface area contributed by atoms with Gasteiger partial charge in [-0.2, -0.15) is 0 Å². The van der Waals surface area contributed by atoms with E-state index in [0.717, 1.165) is 38.9 Å². The van der Waals surface area contributed by atoms with Crippen molar-refractivity contribution in [2.75, 3.05) is 39.9 Å². The molecule has 0 aromatic rings. The monoisotopic (exact) mass is 334 g/mol. The molecular weight excluding hydrogens is 308 g/mol. The van der Waals surface area contributed by atoms with Crippen LogP contribution in [-0.4, -0.2) is 68.7 Å². The molecule has 6 nitrogen and oxygen atoms in total. The van der Waals surface area contributed by atoms with Gasteiger partial charge in [-0.15, -0.1) is 12.4 Å². The molecule has 128 valence electrons. The zero-order valence-electron chi connectivity index (χ0n) is 13.4. The maximum atomic E-state index is 12.2. The summed E-state index contributed by atoms with van der Waals surface area (Å²) in [7, 11) is 1.71. The van der Waals surface area contributed by atoms with Crippen LogP contribution in [0, 0.1) is 5.92 Å². The van der Waals surface area contributed by atoms with Crippen LogP contribution in [0.2, 0.25) is 0 Å². The van der Waals surface area contributed by atoms with Crippen LogP contribution < -0.4 is 5.32 Å². The fraction of sp³-hybridized carbons (Fsp3) is 0.933. The van der Waals surface area contributed by atoms with Crippen LogP contribution in [0.4, 0.5) is 4.79 Å². The molecule has 1 saturated carbocycles. The number of ether oxygens (including phenoxy) is 3. The number of hydrogen-bond acceptors (Lipinski definition) is 5. The number of hydrogen-bond donors (Lipinski definition) is 1. The van der Waals surface area contributed by atoms with Crippen LogP contribution >= 0.6 is 12.4 Å². The van der Waals surface area contributed by atoms with Gasteiger partial charge in [0.15, 0.2) is 0 Å². The third-order valence-corrected chi connectivity index (χ3v) is 4.83. The van der Waals surface area contributed by atoms with Gasteiger partial charge in [0.05, 0.1) is 25.4 Å². The first kappa shape index (κ1) is 17.8. The van der Waals surface area contributed by atoms with Gasteiger partial charge in [0, 0.05) is 32.7 Å². The van der Waals surface area contributed by atoms with Crippen molar-refractivity contribution in [2.24, 2.45) is 5.92 Å². The molecule has 1 amide bonds. The SMILES string of the molecule is CO[C@H]1CN(C(=O)OC2(C)CC2)CC[C@H]1COC1CNC1.Cl. The lowest BCUT2D eigenvalue weighted by molar-refractivity contribution is -0.0698. The fourth-order valence-corrected chi connectivity index (χ4v) is 2.78. The Kier molecular flexibility index (Phi) is 5.94. The van der Waals surface area contributed by atoms with Gasteiger partial charge < -0.3 is 24.4 Å². The molecule has 0 aromatic heterocycles. The van der Waals surface area contributed by atoms with Crippen molar-refractivity contribution in [3.63, 3.8) is 0 Å². The van der Waals surface area contributed by atoms with Crippen LogP contribution in [-0.2, 0) is 14.2 Å². The molecule has 3 aliphatic rings. The topological polar surface area (TPSA) is 60.0 Å². The number of amides is 1. The Bertz CT molecular complexity index is 388. The summed E-state index contributed by atoms with van der Waals surface area (Å²) in [6.07, 6.45) is 3.05. The third kappa shape index (κ3) is 4.25. The molecule has 1 N–H and O–H groups in total. The molecule has 0 unspecified atom stereocenters. The van der Waals surface area contributed by atoms with E-state index in [2.05, 4.69) is 5.32 Å². The van der Waals surface area contributed by atoms with Crippen LogP contribution in [0.25, 0.3) is 0 Å². The zero-order valence-corrected chi connectivity index (χ0v) is 14.2. The highest BCUT2D eigenvalue weighted by atomic mass is 35.5. The second-order valence-corrected chi connectivity index (χ2v) is 6.70. The molecule has 0 radical (unpaired) electrons. The molecule has 3 rings (SSSR count). The van der Waals surface area contributed by atoms with E-state index in [4.69, 9.17) is 14.2 Å². The first-order valence-electron chi connectivity index (χ1n) is 7.93. The molecule has 0 aromatic carbocycles. The lowest BCUT2D eigenvalue weighted by Gasteiger charge is -2.38. The van der Waals surface area contributed by atoms with Crippen molar-refractivity contribution < 1.29 is 19.0 Å². The predicted octanol–water partition coefficient (Wildman–Crippen LogP) is 1.42. The molecule has 1 aliphatic carbocycles. The largest absolute Gasteiger partial charge is 0.443 e. The molecule has 2 saturated heterocycles. The van der Waals surface area contributed by atoms with Gasteiger partial charge in [0.1, 0.15) is 5.60 Å². The number of nitrogens with zero attached hydrogens (tertiary/aromatic N) is 1. The molecule has 0 bridgehead atoms. The summed E-state index contributed by atoms with van der Waals surface area (Å²) < 4.78 is 17.0. The van der Waals surface area contributed by atoms with Crippen LogP contribution in [0.15, 0.2) is 0 Å². The van der Waals surface area contributed by atoms with Gasteiger partial charge in [-0.3, -0.25) is 0 Å². The quantitative estimate of drug-likeness (QED) is 0.824. The average molecular weight is 335 g/mol. The lowest BCUT2D eigenvalue weighted by Crippen LogP contribution is -2.52. The number of methoxy groups -OCH3 is 1. The first-order chi connectivity index (χ1) is 10.1. The van der Waals surface area contributed by atoms with Crippen molar-refractivity contribution in [1.29, 1.82) is 0 Å². The molecule has 2 heterocycles. The van der Waals surface area contributed by atoms with Gasteiger partial charge in [-0.05, 0) is 26.2 Å². The van der Waals surface area contributed by atoms with E-state index in [9.17, 15) is 4.79 Å². The molecule has 3 fully saturated rings. The highest BCUT2D eigenvalue weighted by Crippen LogP contribution is 2.39. The number of nitrogens with one attached hydrogen (secondary N) is 1. The summed E-state index contributed by atoms with van der Waals surface area (Å²) in [4.78, 5) is 13.9. The van der Waals surface area contributed by atoms with Gasteiger partial charge >= 0.3 is 6.09 Å². The number of carbonyl (C=O) groups is 1. The lowest BCUT2D eigenvalue weighted by atomic mass is 9.94. The predicted molar refractivity (Wildman–Crippen MR) is 84.5 cm³/mol. The van der Waals surface area contributed by atoms with E-state index < -0.39 is 0 Å². The Labute approximate surface area is 138 Å². The number of piperidine rings is 1. The first-order valence-corrected chi connectivity index (χ1v) is 7.93.